The summed E-state index contributed by atoms with van der Waals surface area (Å²) in [6, 6.07) is -0.199. The third kappa shape index (κ3) is 3.80. The molecular weight excluding hydrogens is 230 g/mol. The van der Waals surface area contributed by atoms with Gasteiger partial charge in [-0.15, -0.1) is 0 Å². The predicted octanol–water partition coefficient (Wildman–Crippen LogP) is 0.671. The van der Waals surface area contributed by atoms with Crippen LogP contribution in [0, 0.1) is 5.92 Å². The number of hydrogen-bond acceptors (Lipinski definition) is 4. The van der Waals surface area contributed by atoms with Gasteiger partial charge in [0.2, 0.25) is 5.91 Å². The summed E-state index contributed by atoms with van der Waals surface area (Å²) in [7, 11) is 1.79. The van der Waals surface area contributed by atoms with Crippen molar-refractivity contribution < 1.29 is 4.79 Å². The minimum Gasteiger partial charge on any atom is -0.344 e. The Morgan fingerprint density at radius 1 is 1.44 bits per heavy atom. The van der Waals surface area contributed by atoms with E-state index >= 15 is 0 Å². The van der Waals surface area contributed by atoms with Gasteiger partial charge >= 0.3 is 0 Å². The molecule has 1 aromatic rings. The lowest BCUT2D eigenvalue weighted by atomic mass is 10.0. The minimum absolute atomic E-state index is 0.0245. The molecule has 0 aliphatic heterocycles. The first-order valence-corrected chi connectivity index (χ1v) is 6.28. The predicted molar refractivity (Wildman–Crippen MR) is 69.8 cm³/mol. The Morgan fingerprint density at radius 2 is 2.11 bits per heavy atom. The van der Waals surface area contributed by atoms with Crippen molar-refractivity contribution in [3.63, 3.8) is 0 Å². The first-order valence-electron chi connectivity index (χ1n) is 6.28. The number of nitrogens with two attached hydrogens (primary N) is 1. The monoisotopic (exact) mass is 253 g/mol. The van der Waals surface area contributed by atoms with Crippen molar-refractivity contribution in [3.05, 3.63) is 12.7 Å². The summed E-state index contributed by atoms with van der Waals surface area (Å²) in [4.78, 5) is 17.7. The van der Waals surface area contributed by atoms with E-state index in [1.54, 1.807) is 23.0 Å². The molecule has 1 heterocycles. The Bertz CT molecular complexity index is 363. The second-order valence-electron chi connectivity index (χ2n) is 5.01. The number of carbonyl (C=O) groups is 1. The largest absolute Gasteiger partial charge is 0.344 e. The van der Waals surface area contributed by atoms with E-state index in [0.717, 1.165) is 6.42 Å². The van der Waals surface area contributed by atoms with Gasteiger partial charge in [-0.3, -0.25) is 4.79 Å². The summed E-state index contributed by atoms with van der Waals surface area (Å²) in [6.45, 7) is 6.65. The smallest absolute Gasteiger partial charge is 0.246 e. The Labute approximate surface area is 108 Å². The van der Waals surface area contributed by atoms with E-state index in [2.05, 4.69) is 23.9 Å². The topological polar surface area (TPSA) is 77.0 Å². The maximum absolute atomic E-state index is 12.1. The molecule has 6 heteroatoms. The molecule has 0 saturated carbocycles. The first-order chi connectivity index (χ1) is 8.43. The highest BCUT2D eigenvalue weighted by atomic mass is 16.2. The highest BCUT2D eigenvalue weighted by Gasteiger charge is 2.20. The van der Waals surface area contributed by atoms with Gasteiger partial charge in [-0.25, -0.2) is 9.67 Å². The fourth-order valence-corrected chi connectivity index (χ4v) is 1.64. The van der Waals surface area contributed by atoms with Crippen molar-refractivity contribution in [2.24, 2.45) is 11.7 Å². The number of hydrogen-bond donors (Lipinski definition) is 1. The minimum atomic E-state index is -0.326. The molecule has 0 aliphatic carbocycles. The van der Waals surface area contributed by atoms with Gasteiger partial charge in [-0.05, 0) is 19.3 Å². The van der Waals surface area contributed by atoms with E-state index in [0.29, 0.717) is 12.5 Å². The fourth-order valence-electron chi connectivity index (χ4n) is 1.64. The molecule has 0 fully saturated rings. The summed E-state index contributed by atoms with van der Waals surface area (Å²) >= 11 is 0. The van der Waals surface area contributed by atoms with Crippen LogP contribution in [0.25, 0.3) is 0 Å². The van der Waals surface area contributed by atoms with Crippen LogP contribution in [0.4, 0.5) is 0 Å². The maximum atomic E-state index is 12.1. The van der Waals surface area contributed by atoms with Crippen LogP contribution in [0.1, 0.15) is 33.2 Å². The molecule has 0 bridgehead atoms. The number of nitrogens with zero attached hydrogens (tertiary/aromatic N) is 4. The van der Waals surface area contributed by atoms with E-state index in [1.807, 2.05) is 6.92 Å². The third-order valence-electron chi connectivity index (χ3n) is 3.22. The van der Waals surface area contributed by atoms with Crippen molar-refractivity contribution in [1.29, 1.82) is 0 Å². The molecule has 2 atom stereocenters. The van der Waals surface area contributed by atoms with Crippen LogP contribution in [-0.2, 0) is 4.79 Å². The molecule has 1 aromatic heterocycles. The van der Waals surface area contributed by atoms with Crippen LogP contribution in [-0.4, -0.2) is 45.2 Å². The lowest BCUT2D eigenvalue weighted by molar-refractivity contribution is -0.133. The zero-order valence-corrected chi connectivity index (χ0v) is 11.6. The molecule has 0 aromatic carbocycles. The molecule has 0 aliphatic rings. The molecule has 102 valence electrons. The second-order valence-corrected chi connectivity index (χ2v) is 5.01. The number of likely N-dealkylation sites (N-methyl/N-ethyl adjacent to an activating group) is 1. The van der Waals surface area contributed by atoms with Crippen molar-refractivity contribution >= 4 is 5.91 Å². The lowest BCUT2D eigenvalue weighted by Crippen LogP contribution is -2.37. The molecule has 2 unspecified atom stereocenters. The van der Waals surface area contributed by atoms with Gasteiger partial charge in [0.25, 0.3) is 0 Å². The lowest BCUT2D eigenvalue weighted by Gasteiger charge is -2.24. The quantitative estimate of drug-likeness (QED) is 0.808. The molecule has 2 N–H and O–H groups in total. The zero-order chi connectivity index (χ0) is 13.7. The Kier molecular flexibility index (Phi) is 5.27. The van der Waals surface area contributed by atoms with Crippen LogP contribution in [0.15, 0.2) is 12.7 Å². The zero-order valence-electron chi connectivity index (χ0n) is 11.6. The van der Waals surface area contributed by atoms with Gasteiger partial charge in [0.15, 0.2) is 0 Å². The molecule has 0 radical (unpaired) electrons. The first kappa shape index (κ1) is 14.6. The molecule has 18 heavy (non-hydrogen) atoms. The normalized spacial score (nSPS) is 14.6. The van der Waals surface area contributed by atoms with E-state index in [-0.39, 0.29) is 18.0 Å². The summed E-state index contributed by atoms with van der Waals surface area (Å²) in [5, 5.41) is 3.98. The van der Waals surface area contributed by atoms with E-state index < -0.39 is 0 Å². The van der Waals surface area contributed by atoms with Gasteiger partial charge in [-0.1, -0.05) is 13.8 Å². The number of amides is 1. The standard InChI is InChI=1S/C12H23N5O/c1-9(2)11(13)5-6-16(4)12(18)10(3)17-8-14-7-15-17/h7-11H,5-6,13H2,1-4H3. The van der Waals surface area contributed by atoms with Gasteiger partial charge in [0.05, 0.1) is 0 Å². The molecule has 0 saturated heterocycles. The van der Waals surface area contributed by atoms with Crippen LogP contribution in [0.3, 0.4) is 0 Å². The van der Waals surface area contributed by atoms with Gasteiger partial charge in [0, 0.05) is 19.6 Å². The fraction of sp³-hybridized carbons (Fsp3) is 0.750. The number of rotatable bonds is 6. The average molecular weight is 253 g/mol. The Balaban J connectivity index is 2.46. The SMILES string of the molecule is CC(C)C(N)CCN(C)C(=O)C(C)n1cncn1. The average Bonchev–Trinajstić information content (AvgIpc) is 2.87. The summed E-state index contributed by atoms with van der Waals surface area (Å²) in [6.07, 6.45) is 3.79. The van der Waals surface area contributed by atoms with Gasteiger partial charge in [0.1, 0.15) is 18.7 Å². The van der Waals surface area contributed by atoms with Crippen LogP contribution < -0.4 is 5.73 Å². The van der Waals surface area contributed by atoms with E-state index in [4.69, 9.17) is 5.73 Å². The summed E-state index contributed by atoms with van der Waals surface area (Å²) in [5.74, 6) is 0.456. The highest BCUT2D eigenvalue weighted by Crippen LogP contribution is 2.09. The highest BCUT2D eigenvalue weighted by molar-refractivity contribution is 5.79. The Hall–Kier alpha value is -1.43. The second kappa shape index (κ2) is 6.49. The molecule has 0 spiro atoms. The van der Waals surface area contributed by atoms with E-state index in [1.165, 1.54) is 6.33 Å². The molecular formula is C12H23N5O. The van der Waals surface area contributed by atoms with E-state index in [9.17, 15) is 4.79 Å². The Morgan fingerprint density at radius 3 is 2.61 bits per heavy atom. The van der Waals surface area contributed by atoms with Gasteiger partial charge in [-0.2, -0.15) is 5.10 Å². The van der Waals surface area contributed by atoms with Crippen LogP contribution >= 0.6 is 0 Å². The number of aromatic nitrogens is 3. The van der Waals surface area contributed by atoms with Gasteiger partial charge < -0.3 is 10.6 Å². The van der Waals surface area contributed by atoms with Crippen LogP contribution in [0.5, 0.6) is 0 Å². The van der Waals surface area contributed by atoms with Crippen LogP contribution in [0.2, 0.25) is 0 Å². The number of carbonyl (C=O) groups excluding carboxylic acids is 1. The molecule has 1 rings (SSSR count). The van der Waals surface area contributed by atoms with Crippen molar-refractivity contribution in [1.82, 2.24) is 19.7 Å². The van der Waals surface area contributed by atoms with Crippen molar-refractivity contribution in [2.45, 2.75) is 39.3 Å². The summed E-state index contributed by atoms with van der Waals surface area (Å²) < 4.78 is 1.56. The molecule has 1 amide bonds. The third-order valence-corrected chi connectivity index (χ3v) is 3.22. The van der Waals surface area contributed by atoms with Crippen molar-refractivity contribution in [3.8, 4) is 0 Å². The molecule has 6 nitrogen and oxygen atoms in total. The maximum Gasteiger partial charge on any atom is 0.246 e. The summed E-state index contributed by atoms with van der Waals surface area (Å²) in [5.41, 5.74) is 5.97. The van der Waals surface area contributed by atoms with Crippen molar-refractivity contribution in [2.75, 3.05) is 13.6 Å².